The first-order valence-corrected chi connectivity index (χ1v) is 8.07. The second-order valence-corrected chi connectivity index (χ2v) is 5.83. The Hall–Kier alpha value is -2.26. The Morgan fingerprint density at radius 2 is 2.25 bits per heavy atom. The van der Waals surface area contributed by atoms with Crippen molar-refractivity contribution in [2.75, 3.05) is 26.2 Å². The van der Waals surface area contributed by atoms with Gasteiger partial charge in [0, 0.05) is 39.6 Å². The van der Waals surface area contributed by atoms with E-state index in [-0.39, 0.29) is 23.9 Å². The number of rotatable bonds is 5. The lowest BCUT2D eigenvalue weighted by Crippen LogP contribution is -2.50. The fourth-order valence-corrected chi connectivity index (χ4v) is 3.02. The minimum absolute atomic E-state index is 0.000687. The molecule has 1 fully saturated rings. The van der Waals surface area contributed by atoms with E-state index in [4.69, 9.17) is 4.74 Å². The van der Waals surface area contributed by atoms with Gasteiger partial charge in [-0.3, -0.25) is 14.4 Å². The third-order valence-electron chi connectivity index (χ3n) is 4.25. The van der Waals surface area contributed by atoms with Crippen LogP contribution in [0.1, 0.15) is 29.4 Å². The molecule has 1 N–H and O–H groups in total. The maximum Gasteiger partial charge on any atom is 0.291 e. The summed E-state index contributed by atoms with van der Waals surface area (Å²) in [6.07, 6.45) is 5.03. The van der Waals surface area contributed by atoms with Gasteiger partial charge >= 0.3 is 0 Å². The lowest BCUT2D eigenvalue weighted by molar-refractivity contribution is -0.0720. The molecule has 0 bridgehead atoms. The van der Waals surface area contributed by atoms with Gasteiger partial charge in [0.05, 0.1) is 18.8 Å². The number of carbonyl (C=O) groups is 1. The van der Waals surface area contributed by atoms with E-state index < -0.39 is 0 Å². The van der Waals surface area contributed by atoms with Gasteiger partial charge in [0.2, 0.25) is 5.82 Å². The molecule has 2 aromatic rings. The molecule has 2 aromatic heterocycles. The normalized spacial score (nSPS) is 21.8. The fraction of sp³-hybridized carbons (Fsp3) is 0.600. The van der Waals surface area contributed by atoms with Crippen molar-refractivity contribution in [2.45, 2.75) is 19.1 Å². The summed E-state index contributed by atoms with van der Waals surface area (Å²) in [5.74, 6) is 0.798. The van der Waals surface area contributed by atoms with Crippen LogP contribution in [0, 0.1) is 0 Å². The Bertz CT molecular complexity index is 696. The third kappa shape index (κ3) is 3.31. The van der Waals surface area contributed by atoms with E-state index in [1.54, 1.807) is 13.2 Å². The zero-order valence-corrected chi connectivity index (χ0v) is 14.2. The number of nitrogens with zero attached hydrogens (tertiary/aromatic N) is 6. The van der Waals surface area contributed by atoms with E-state index in [2.05, 4.69) is 32.2 Å². The monoisotopic (exact) mass is 333 g/mol. The van der Waals surface area contributed by atoms with Gasteiger partial charge < -0.3 is 14.6 Å². The Kier molecular flexibility index (Phi) is 4.91. The number of aryl methyl sites for hydroxylation is 2. The van der Waals surface area contributed by atoms with Crippen LogP contribution in [0.25, 0.3) is 0 Å². The largest absolute Gasteiger partial charge is 0.373 e. The SMILES string of the molecule is CCN1CCO[C@@H](CNC(=O)c2ncn(C)n2)[C@@H]1c1nccn1C. The van der Waals surface area contributed by atoms with Crippen molar-refractivity contribution in [2.24, 2.45) is 14.1 Å². The van der Waals surface area contributed by atoms with Crippen LogP contribution >= 0.6 is 0 Å². The van der Waals surface area contributed by atoms with E-state index in [1.807, 2.05) is 17.8 Å². The molecule has 1 amide bonds. The van der Waals surface area contributed by atoms with Crippen molar-refractivity contribution in [1.82, 2.24) is 34.5 Å². The van der Waals surface area contributed by atoms with Gasteiger partial charge in [-0.05, 0) is 6.54 Å². The summed E-state index contributed by atoms with van der Waals surface area (Å²) in [7, 11) is 3.70. The molecule has 3 rings (SSSR count). The zero-order chi connectivity index (χ0) is 17.1. The Morgan fingerprint density at radius 3 is 2.88 bits per heavy atom. The molecule has 1 aliphatic rings. The molecular weight excluding hydrogens is 310 g/mol. The summed E-state index contributed by atoms with van der Waals surface area (Å²) in [6.45, 7) is 4.88. The zero-order valence-electron chi connectivity index (χ0n) is 14.2. The molecule has 0 unspecified atom stereocenters. The smallest absolute Gasteiger partial charge is 0.291 e. The quantitative estimate of drug-likeness (QED) is 0.811. The maximum absolute atomic E-state index is 12.2. The van der Waals surface area contributed by atoms with Gasteiger partial charge in [0.1, 0.15) is 12.2 Å². The number of ether oxygens (including phenoxy) is 1. The highest BCUT2D eigenvalue weighted by Gasteiger charge is 2.35. The van der Waals surface area contributed by atoms with E-state index in [9.17, 15) is 4.79 Å². The number of aromatic nitrogens is 5. The second kappa shape index (κ2) is 7.10. The van der Waals surface area contributed by atoms with Crippen molar-refractivity contribution in [3.05, 3.63) is 30.4 Å². The van der Waals surface area contributed by atoms with Crippen LogP contribution < -0.4 is 5.32 Å². The second-order valence-electron chi connectivity index (χ2n) is 5.83. The van der Waals surface area contributed by atoms with Gasteiger partial charge in [0.15, 0.2) is 0 Å². The Morgan fingerprint density at radius 1 is 1.42 bits per heavy atom. The summed E-state index contributed by atoms with van der Waals surface area (Å²) in [4.78, 5) is 22.9. The van der Waals surface area contributed by atoms with Crippen LogP contribution in [0.3, 0.4) is 0 Å². The molecule has 1 aliphatic heterocycles. The first-order chi connectivity index (χ1) is 11.6. The number of likely N-dealkylation sites (N-methyl/N-ethyl adjacent to an activating group) is 1. The topological polar surface area (TPSA) is 90.1 Å². The molecule has 0 spiro atoms. The van der Waals surface area contributed by atoms with Gasteiger partial charge in [-0.2, -0.15) is 0 Å². The first kappa shape index (κ1) is 16.6. The van der Waals surface area contributed by atoms with Gasteiger partial charge in [-0.25, -0.2) is 9.97 Å². The van der Waals surface area contributed by atoms with Crippen molar-refractivity contribution in [3.8, 4) is 0 Å². The molecule has 0 aromatic carbocycles. The minimum Gasteiger partial charge on any atom is -0.373 e. The van der Waals surface area contributed by atoms with E-state index in [0.29, 0.717) is 13.2 Å². The molecule has 2 atom stereocenters. The highest BCUT2D eigenvalue weighted by atomic mass is 16.5. The van der Waals surface area contributed by atoms with Crippen molar-refractivity contribution >= 4 is 5.91 Å². The minimum atomic E-state index is -0.300. The molecule has 0 aliphatic carbocycles. The van der Waals surface area contributed by atoms with E-state index >= 15 is 0 Å². The fourth-order valence-electron chi connectivity index (χ4n) is 3.02. The number of nitrogens with one attached hydrogen (secondary N) is 1. The summed E-state index contributed by atoms with van der Waals surface area (Å²) in [6, 6.07) is 0.000687. The Balaban J connectivity index is 1.72. The van der Waals surface area contributed by atoms with Crippen LogP contribution in [-0.4, -0.2) is 67.5 Å². The van der Waals surface area contributed by atoms with Crippen molar-refractivity contribution < 1.29 is 9.53 Å². The highest BCUT2D eigenvalue weighted by molar-refractivity contribution is 5.90. The molecule has 0 radical (unpaired) electrons. The molecule has 3 heterocycles. The summed E-state index contributed by atoms with van der Waals surface area (Å²) in [5, 5.41) is 6.89. The number of hydrogen-bond donors (Lipinski definition) is 1. The molecular formula is C15H23N7O2. The molecule has 0 saturated carbocycles. The van der Waals surface area contributed by atoms with Gasteiger partial charge in [0.25, 0.3) is 5.91 Å². The van der Waals surface area contributed by atoms with Crippen molar-refractivity contribution in [3.63, 3.8) is 0 Å². The Labute approximate surface area is 140 Å². The number of amides is 1. The van der Waals surface area contributed by atoms with Gasteiger partial charge in [-0.15, -0.1) is 5.10 Å². The molecule has 130 valence electrons. The lowest BCUT2D eigenvalue weighted by atomic mass is 10.1. The predicted octanol–water partition coefficient (Wildman–Crippen LogP) is -0.260. The molecule has 24 heavy (non-hydrogen) atoms. The van der Waals surface area contributed by atoms with Crippen molar-refractivity contribution in [1.29, 1.82) is 0 Å². The average molecular weight is 333 g/mol. The van der Waals surface area contributed by atoms with Crippen LogP contribution in [0.5, 0.6) is 0 Å². The number of imidazole rings is 1. The van der Waals surface area contributed by atoms with Gasteiger partial charge in [-0.1, -0.05) is 6.92 Å². The summed E-state index contributed by atoms with van der Waals surface area (Å²) >= 11 is 0. The number of morpholine rings is 1. The van der Waals surface area contributed by atoms with E-state index in [0.717, 1.165) is 18.9 Å². The molecule has 9 nitrogen and oxygen atoms in total. The van der Waals surface area contributed by atoms with Crippen LogP contribution in [-0.2, 0) is 18.8 Å². The predicted molar refractivity (Wildman–Crippen MR) is 86.3 cm³/mol. The summed E-state index contributed by atoms with van der Waals surface area (Å²) < 4.78 is 9.44. The molecule has 9 heteroatoms. The van der Waals surface area contributed by atoms with Crippen LogP contribution in [0.2, 0.25) is 0 Å². The number of carbonyl (C=O) groups excluding carboxylic acids is 1. The maximum atomic E-state index is 12.2. The molecule has 1 saturated heterocycles. The highest BCUT2D eigenvalue weighted by Crippen LogP contribution is 2.27. The van der Waals surface area contributed by atoms with E-state index in [1.165, 1.54) is 11.0 Å². The first-order valence-electron chi connectivity index (χ1n) is 8.07. The number of hydrogen-bond acceptors (Lipinski definition) is 6. The summed E-state index contributed by atoms with van der Waals surface area (Å²) in [5.41, 5.74) is 0. The standard InChI is InChI=1S/C15H23N7O2/c1-4-22-7-8-24-11(12(22)14-16-5-6-20(14)2)9-17-15(23)13-18-10-21(3)19-13/h5-6,10-12H,4,7-9H2,1-3H3,(H,17,23)/t11-,12+/m0/s1. The average Bonchev–Trinajstić information content (AvgIpc) is 3.20. The third-order valence-corrected chi connectivity index (χ3v) is 4.25. The van der Waals surface area contributed by atoms with Crippen LogP contribution in [0.4, 0.5) is 0 Å². The van der Waals surface area contributed by atoms with Crippen LogP contribution in [0.15, 0.2) is 18.7 Å². The lowest BCUT2D eigenvalue weighted by Gasteiger charge is -2.40.